The van der Waals surface area contributed by atoms with E-state index in [0.29, 0.717) is 5.69 Å². The van der Waals surface area contributed by atoms with E-state index in [1.54, 1.807) is 0 Å². The largest absolute Gasteiger partial charge is 0.480 e. The number of rotatable bonds is 9. The summed E-state index contributed by atoms with van der Waals surface area (Å²) >= 11 is 0. The number of aliphatic carboxylic acids is 1. The Hall–Kier alpha value is -4.40. The summed E-state index contributed by atoms with van der Waals surface area (Å²) in [6, 6.07) is 15.0. The highest BCUT2D eigenvalue weighted by atomic mass is 16.5. The number of amides is 2. The van der Waals surface area contributed by atoms with Gasteiger partial charge in [-0.15, -0.1) is 0 Å². The summed E-state index contributed by atoms with van der Waals surface area (Å²) in [4.78, 5) is 42.2. The summed E-state index contributed by atoms with van der Waals surface area (Å²) in [6.45, 7) is 0.250. The molecular weight excluding hydrogens is 436 g/mol. The Morgan fingerprint density at radius 1 is 1.09 bits per heavy atom. The summed E-state index contributed by atoms with van der Waals surface area (Å²) in [5, 5.41) is 14.3. The summed E-state index contributed by atoms with van der Waals surface area (Å²) in [7, 11) is 0. The van der Waals surface area contributed by atoms with E-state index in [1.165, 1.54) is 24.7 Å². The van der Waals surface area contributed by atoms with Gasteiger partial charge in [-0.3, -0.25) is 4.79 Å². The van der Waals surface area contributed by atoms with Crippen molar-refractivity contribution in [1.29, 1.82) is 0 Å². The second-order valence-corrected chi connectivity index (χ2v) is 7.79. The predicted molar refractivity (Wildman–Crippen MR) is 124 cm³/mol. The van der Waals surface area contributed by atoms with E-state index in [-0.39, 0.29) is 25.5 Å². The first kappa shape index (κ1) is 22.8. The quantitative estimate of drug-likeness (QED) is 0.363. The molecule has 4 rings (SSSR count). The molecule has 9 heteroatoms. The van der Waals surface area contributed by atoms with Crippen molar-refractivity contribution < 1.29 is 24.2 Å². The lowest BCUT2D eigenvalue weighted by atomic mass is 9.98. The number of carbonyl (C=O) groups is 3. The Balaban J connectivity index is 1.24. The van der Waals surface area contributed by atoms with Gasteiger partial charge in [-0.2, -0.15) is 0 Å². The third kappa shape index (κ3) is 5.32. The minimum Gasteiger partial charge on any atom is -0.480 e. The zero-order valence-electron chi connectivity index (χ0n) is 18.2. The number of benzene rings is 2. The number of aromatic amines is 1. The Morgan fingerprint density at radius 3 is 2.38 bits per heavy atom. The van der Waals surface area contributed by atoms with E-state index in [9.17, 15) is 19.5 Å². The van der Waals surface area contributed by atoms with Gasteiger partial charge in [-0.25, -0.2) is 14.6 Å². The number of alkyl carbamates (subject to hydrolysis) is 1. The van der Waals surface area contributed by atoms with E-state index in [4.69, 9.17) is 4.74 Å². The molecule has 1 heterocycles. The van der Waals surface area contributed by atoms with Crippen LogP contribution in [0.5, 0.6) is 0 Å². The molecule has 0 saturated heterocycles. The van der Waals surface area contributed by atoms with E-state index < -0.39 is 24.0 Å². The van der Waals surface area contributed by atoms with Crippen LogP contribution in [0.4, 0.5) is 4.79 Å². The topological polar surface area (TPSA) is 133 Å². The van der Waals surface area contributed by atoms with E-state index in [2.05, 4.69) is 32.7 Å². The lowest BCUT2D eigenvalue weighted by Gasteiger charge is -2.14. The lowest BCUT2D eigenvalue weighted by molar-refractivity contribution is -0.141. The number of ether oxygens (including phenoxy) is 1. The summed E-state index contributed by atoms with van der Waals surface area (Å²) in [6.07, 6.45) is 5.00. The van der Waals surface area contributed by atoms with Gasteiger partial charge in [0.2, 0.25) is 5.91 Å². The fourth-order valence-electron chi connectivity index (χ4n) is 3.99. The molecule has 3 aromatic rings. The number of carboxylic acids is 1. The van der Waals surface area contributed by atoms with Crippen LogP contribution in [0.25, 0.3) is 11.1 Å². The highest BCUT2D eigenvalue weighted by molar-refractivity contribution is 5.91. The molecule has 2 aromatic carbocycles. The molecule has 174 valence electrons. The van der Waals surface area contributed by atoms with Crippen LogP contribution < -0.4 is 10.6 Å². The zero-order valence-corrected chi connectivity index (χ0v) is 18.2. The molecule has 1 aliphatic carbocycles. The third-order valence-corrected chi connectivity index (χ3v) is 5.57. The molecule has 4 N–H and O–H groups in total. The maximum absolute atomic E-state index is 12.2. The minimum absolute atomic E-state index is 0.0395. The van der Waals surface area contributed by atoms with Crippen LogP contribution in [0, 0.1) is 0 Å². The summed E-state index contributed by atoms with van der Waals surface area (Å²) in [5.74, 6) is -1.78. The van der Waals surface area contributed by atoms with Crippen LogP contribution in [0.2, 0.25) is 0 Å². The number of fused-ring (bicyclic) bond motifs is 3. The minimum atomic E-state index is -1.16. The van der Waals surface area contributed by atoms with Crippen LogP contribution in [0.15, 0.2) is 73.2 Å². The predicted octanol–water partition coefficient (Wildman–Crippen LogP) is 2.62. The molecule has 0 spiro atoms. The number of hydrogen-bond donors (Lipinski definition) is 4. The second kappa shape index (κ2) is 10.5. The summed E-state index contributed by atoms with van der Waals surface area (Å²) in [5.41, 5.74) is 5.13. The van der Waals surface area contributed by atoms with Gasteiger partial charge in [-0.1, -0.05) is 54.6 Å². The third-order valence-electron chi connectivity index (χ3n) is 5.57. The van der Waals surface area contributed by atoms with E-state index in [1.807, 2.05) is 36.4 Å². The van der Waals surface area contributed by atoms with Gasteiger partial charge in [0, 0.05) is 36.9 Å². The smallest absolute Gasteiger partial charge is 0.407 e. The molecule has 1 aliphatic rings. The molecule has 1 aromatic heterocycles. The molecule has 2 amide bonds. The van der Waals surface area contributed by atoms with Crippen LogP contribution in [0.1, 0.15) is 22.7 Å². The number of imidazole rings is 1. The SMILES string of the molecule is O=C(/C=C/CNC(=O)OCC1c2ccccc2-c2ccccc21)NC(Cc1cnc[nH]1)C(=O)O. The van der Waals surface area contributed by atoms with Gasteiger partial charge >= 0.3 is 12.1 Å². The number of H-pyrrole nitrogens is 1. The van der Waals surface area contributed by atoms with Gasteiger partial charge in [0.05, 0.1) is 6.33 Å². The number of carboxylic acid groups (broad SMARTS) is 1. The lowest BCUT2D eigenvalue weighted by Crippen LogP contribution is -2.41. The van der Waals surface area contributed by atoms with Crippen molar-refractivity contribution in [2.24, 2.45) is 0 Å². The Morgan fingerprint density at radius 2 is 1.76 bits per heavy atom. The van der Waals surface area contributed by atoms with E-state index in [0.717, 1.165) is 22.3 Å². The molecule has 0 aliphatic heterocycles. The Labute approximate surface area is 195 Å². The van der Waals surface area contributed by atoms with Crippen molar-refractivity contribution in [2.75, 3.05) is 13.2 Å². The first-order chi connectivity index (χ1) is 16.5. The summed E-state index contributed by atoms with van der Waals surface area (Å²) < 4.78 is 5.43. The molecule has 0 saturated carbocycles. The van der Waals surface area contributed by atoms with Crippen molar-refractivity contribution in [2.45, 2.75) is 18.4 Å². The van der Waals surface area contributed by atoms with Crippen molar-refractivity contribution in [1.82, 2.24) is 20.6 Å². The van der Waals surface area contributed by atoms with Gasteiger partial charge < -0.3 is 25.5 Å². The van der Waals surface area contributed by atoms with Gasteiger partial charge in [0.1, 0.15) is 12.6 Å². The molecule has 9 nitrogen and oxygen atoms in total. The second-order valence-electron chi connectivity index (χ2n) is 7.79. The van der Waals surface area contributed by atoms with Crippen molar-refractivity contribution in [3.05, 3.63) is 90.0 Å². The first-order valence-electron chi connectivity index (χ1n) is 10.8. The fraction of sp³-hybridized carbons (Fsp3) is 0.200. The molecular formula is C25H24N4O5. The highest BCUT2D eigenvalue weighted by Crippen LogP contribution is 2.44. The fourth-order valence-corrected chi connectivity index (χ4v) is 3.99. The first-order valence-corrected chi connectivity index (χ1v) is 10.8. The highest BCUT2D eigenvalue weighted by Gasteiger charge is 2.28. The van der Waals surface area contributed by atoms with Gasteiger partial charge in [0.25, 0.3) is 0 Å². The van der Waals surface area contributed by atoms with Gasteiger partial charge in [-0.05, 0) is 22.3 Å². The average molecular weight is 460 g/mol. The average Bonchev–Trinajstić information content (AvgIpc) is 3.46. The van der Waals surface area contributed by atoms with Crippen molar-refractivity contribution in [3.8, 4) is 11.1 Å². The molecule has 0 bridgehead atoms. The van der Waals surface area contributed by atoms with Crippen LogP contribution in [-0.2, 0) is 20.7 Å². The normalized spacial score (nSPS) is 13.2. The molecule has 34 heavy (non-hydrogen) atoms. The molecule has 1 atom stereocenters. The maximum atomic E-state index is 12.2. The van der Waals surface area contributed by atoms with Crippen LogP contribution in [-0.4, -0.2) is 52.2 Å². The molecule has 1 unspecified atom stereocenters. The number of aromatic nitrogens is 2. The molecule has 0 radical (unpaired) electrons. The number of hydrogen-bond acceptors (Lipinski definition) is 5. The monoisotopic (exact) mass is 460 g/mol. The number of carbonyl (C=O) groups excluding carboxylic acids is 2. The number of nitrogens with zero attached hydrogens (tertiary/aromatic N) is 1. The maximum Gasteiger partial charge on any atom is 0.407 e. The Kier molecular flexibility index (Phi) is 7.02. The van der Waals surface area contributed by atoms with Crippen LogP contribution in [0.3, 0.4) is 0 Å². The van der Waals surface area contributed by atoms with Crippen LogP contribution >= 0.6 is 0 Å². The van der Waals surface area contributed by atoms with E-state index >= 15 is 0 Å². The Bertz CT molecular complexity index is 1160. The zero-order chi connectivity index (χ0) is 23.9. The number of nitrogens with one attached hydrogen (secondary N) is 3. The standard InChI is InChI=1S/C25H24N4O5/c30-23(29-22(24(31)32)12-16-13-26-15-28-16)10-5-11-27-25(33)34-14-21-19-8-3-1-6-17(19)18-7-2-4-9-20(18)21/h1-10,13,15,21-22H,11-12,14H2,(H,26,28)(H,27,33)(H,29,30)(H,31,32)/b10-5+. The van der Waals surface area contributed by atoms with Crippen molar-refractivity contribution in [3.63, 3.8) is 0 Å². The van der Waals surface area contributed by atoms with Crippen molar-refractivity contribution >= 4 is 18.0 Å². The molecule has 0 fully saturated rings. The van der Waals surface area contributed by atoms with Gasteiger partial charge in [0.15, 0.2) is 0 Å².